The molecule has 0 fully saturated rings. The van der Waals surface area contributed by atoms with E-state index in [0.29, 0.717) is 19.7 Å². The first-order valence-electron chi connectivity index (χ1n) is 8.79. The van der Waals surface area contributed by atoms with Gasteiger partial charge >= 0.3 is 0 Å². The highest BCUT2D eigenvalue weighted by Crippen LogP contribution is 2.31. The van der Waals surface area contributed by atoms with Gasteiger partial charge in [-0.1, -0.05) is 30.3 Å². The maximum Gasteiger partial charge on any atom is 0.179 e. The minimum absolute atomic E-state index is 0.0910. The average Bonchev–Trinajstić information content (AvgIpc) is 2.97. The standard InChI is InChI=1S/C21H22N2O3/c1-14-21(16-7-3-4-8-17(16)22-14)18(24)12-23(2)11-15-13-25-19-9-5-6-10-20(19)26-15/h3-10,15,22H,11-13H2,1-2H3. The van der Waals surface area contributed by atoms with Crippen molar-refractivity contribution in [2.75, 3.05) is 26.7 Å². The van der Waals surface area contributed by atoms with Gasteiger partial charge in [-0.15, -0.1) is 0 Å². The van der Waals surface area contributed by atoms with Crippen molar-refractivity contribution in [3.8, 4) is 11.5 Å². The van der Waals surface area contributed by atoms with E-state index in [4.69, 9.17) is 9.47 Å². The molecule has 5 nitrogen and oxygen atoms in total. The molecule has 134 valence electrons. The molecule has 1 unspecified atom stereocenters. The number of nitrogens with zero attached hydrogens (tertiary/aromatic N) is 1. The fraction of sp³-hybridized carbons (Fsp3) is 0.286. The van der Waals surface area contributed by atoms with E-state index in [1.165, 1.54) is 0 Å². The summed E-state index contributed by atoms with van der Waals surface area (Å²) in [7, 11) is 1.94. The lowest BCUT2D eigenvalue weighted by Crippen LogP contribution is -2.41. The summed E-state index contributed by atoms with van der Waals surface area (Å²) in [5.41, 5.74) is 2.69. The quantitative estimate of drug-likeness (QED) is 0.716. The van der Waals surface area contributed by atoms with Crippen molar-refractivity contribution in [3.05, 3.63) is 59.8 Å². The molecule has 3 aromatic rings. The Morgan fingerprint density at radius 1 is 1.15 bits per heavy atom. The summed E-state index contributed by atoms with van der Waals surface area (Å²) < 4.78 is 11.7. The first-order chi connectivity index (χ1) is 12.6. The van der Waals surface area contributed by atoms with Crippen molar-refractivity contribution >= 4 is 16.7 Å². The molecule has 1 N–H and O–H groups in total. The molecule has 1 aliphatic heterocycles. The number of carbonyl (C=O) groups excluding carboxylic acids is 1. The largest absolute Gasteiger partial charge is 0.486 e. The number of H-pyrrole nitrogens is 1. The molecule has 4 rings (SSSR count). The van der Waals surface area contributed by atoms with Gasteiger partial charge in [0.2, 0.25) is 0 Å². The number of ether oxygens (including phenoxy) is 2. The van der Waals surface area contributed by atoms with Gasteiger partial charge in [0.1, 0.15) is 12.7 Å². The zero-order chi connectivity index (χ0) is 18.1. The monoisotopic (exact) mass is 350 g/mol. The van der Waals surface area contributed by atoms with Gasteiger partial charge in [0.15, 0.2) is 17.3 Å². The van der Waals surface area contributed by atoms with Crippen LogP contribution in [0.2, 0.25) is 0 Å². The maximum absolute atomic E-state index is 12.9. The lowest BCUT2D eigenvalue weighted by molar-refractivity contribution is 0.0624. The Balaban J connectivity index is 1.43. The number of ketones is 1. The number of aromatic nitrogens is 1. The highest BCUT2D eigenvalue weighted by Gasteiger charge is 2.24. The predicted octanol–water partition coefficient (Wildman–Crippen LogP) is 3.43. The third-order valence-electron chi connectivity index (χ3n) is 4.67. The van der Waals surface area contributed by atoms with Crippen molar-refractivity contribution in [1.29, 1.82) is 0 Å². The van der Waals surface area contributed by atoms with E-state index in [1.54, 1.807) is 0 Å². The summed E-state index contributed by atoms with van der Waals surface area (Å²) >= 11 is 0. The second-order valence-corrected chi connectivity index (χ2v) is 6.79. The Hall–Kier alpha value is -2.79. The SMILES string of the molecule is Cc1[nH]c2ccccc2c1C(=O)CN(C)CC1COc2ccccc2O1. The van der Waals surface area contributed by atoms with E-state index in [2.05, 4.69) is 4.98 Å². The molecule has 5 heteroatoms. The topological polar surface area (TPSA) is 54.6 Å². The van der Waals surface area contributed by atoms with Gasteiger partial charge in [-0.25, -0.2) is 0 Å². The first kappa shape index (κ1) is 16.7. The number of aryl methyl sites for hydroxylation is 1. The van der Waals surface area contributed by atoms with Crippen molar-refractivity contribution in [3.63, 3.8) is 0 Å². The van der Waals surface area contributed by atoms with E-state index in [1.807, 2.05) is 67.4 Å². The van der Waals surface area contributed by atoms with Crippen LogP contribution >= 0.6 is 0 Å². The second-order valence-electron chi connectivity index (χ2n) is 6.79. The molecule has 0 saturated carbocycles. The zero-order valence-electron chi connectivity index (χ0n) is 15.0. The van der Waals surface area contributed by atoms with E-state index in [-0.39, 0.29) is 11.9 Å². The lowest BCUT2D eigenvalue weighted by Gasteiger charge is -2.29. The summed E-state index contributed by atoms with van der Waals surface area (Å²) in [6.45, 7) is 3.40. The molecule has 2 heterocycles. The highest BCUT2D eigenvalue weighted by atomic mass is 16.6. The van der Waals surface area contributed by atoms with Crippen LogP contribution < -0.4 is 9.47 Å². The number of likely N-dealkylation sites (N-methyl/N-ethyl adjacent to an activating group) is 1. The molecule has 0 saturated heterocycles. The van der Waals surface area contributed by atoms with Gasteiger partial charge in [0.05, 0.1) is 6.54 Å². The smallest absolute Gasteiger partial charge is 0.179 e. The number of hydrogen-bond acceptors (Lipinski definition) is 4. The lowest BCUT2D eigenvalue weighted by atomic mass is 10.1. The van der Waals surface area contributed by atoms with Gasteiger partial charge in [0.25, 0.3) is 0 Å². The van der Waals surface area contributed by atoms with Crippen molar-refractivity contribution < 1.29 is 14.3 Å². The molecule has 0 radical (unpaired) electrons. The van der Waals surface area contributed by atoms with Gasteiger partial charge in [0, 0.05) is 28.7 Å². The molecule has 26 heavy (non-hydrogen) atoms. The number of Topliss-reactive ketones (excluding diaryl/α,β-unsaturated/α-hetero) is 1. The van der Waals surface area contributed by atoms with Crippen LogP contribution in [0, 0.1) is 6.92 Å². The van der Waals surface area contributed by atoms with E-state index in [9.17, 15) is 4.79 Å². The third kappa shape index (κ3) is 3.18. The van der Waals surface area contributed by atoms with Gasteiger partial charge in [-0.2, -0.15) is 0 Å². The Bertz CT molecular complexity index is 947. The predicted molar refractivity (Wildman–Crippen MR) is 101 cm³/mol. The summed E-state index contributed by atoms with van der Waals surface area (Å²) in [6.07, 6.45) is -0.0910. The minimum atomic E-state index is -0.0910. The number of benzene rings is 2. The normalized spacial score (nSPS) is 16.2. The van der Waals surface area contributed by atoms with E-state index in [0.717, 1.165) is 33.7 Å². The molecule has 0 amide bonds. The van der Waals surface area contributed by atoms with E-state index >= 15 is 0 Å². The summed E-state index contributed by atoms with van der Waals surface area (Å²) in [5.74, 6) is 1.65. The Morgan fingerprint density at radius 3 is 2.73 bits per heavy atom. The van der Waals surface area contributed by atoms with Crippen molar-refractivity contribution in [2.45, 2.75) is 13.0 Å². The van der Waals surface area contributed by atoms with Crippen LogP contribution in [0.15, 0.2) is 48.5 Å². The van der Waals surface area contributed by atoms with Crippen LogP contribution in [0.1, 0.15) is 16.1 Å². The number of aromatic amines is 1. The molecular weight excluding hydrogens is 328 g/mol. The van der Waals surface area contributed by atoms with Gasteiger partial charge in [-0.05, 0) is 32.2 Å². The highest BCUT2D eigenvalue weighted by molar-refractivity contribution is 6.10. The molecular formula is C21H22N2O3. The first-order valence-corrected chi connectivity index (χ1v) is 8.79. The molecule has 1 aliphatic rings. The fourth-order valence-corrected chi connectivity index (χ4v) is 3.53. The fourth-order valence-electron chi connectivity index (χ4n) is 3.53. The number of nitrogens with one attached hydrogen (secondary N) is 1. The third-order valence-corrected chi connectivity index (χ3v) is 4.67. The maximum atomic E-state index is 12.9. The zero-order valence-corrected chi connectivity index (χ0v) is 15.0. The molecule has 2 aromatic carbocycles. The van der Waals surface area contributed by atoms with Crippen LogP contribution in [0.4, 0.5) is 0 Å². The molecule has 0 spiro atoms. The Kier molecular flexibility index (Phi) is 4.39. The molecule has 1 aromatic heterocycles. The van der Waals surface area contributed by atoms with Crippen LogP contribution in [0.5, 0.6) is 11.5 Å². The molecule has 1 atom stereocenters. The van der Waals surface area contributed by atoms with Crippen LogP contribution in [0.3, 0.4) is 0 Å². The second kappa shape index (κ2) is 6.84. The number of hydrogen-bond donors (Lipinski definition) is 1. The van der Waals surface area contributed by atoms with Gasteiger partial charge in [-0.3, -0.25) is 9.69 Å². The minimum Gasteiger partial charge on any atom is -0.486 e. The summed E-state index contributed by atoms with van der Waals surface area (Å²) in [6, 6.07) is 15.6. The van der Waals surface area contributed by atoms with Crippen LogP contribution in [0.25, 0.3) is 10.9 Å². The van der Waals surface area contributed by atoms with Crippen molar-refractivity contribution in [2.24, 2.45) is 0 Å². The van der Waals surface area contributed by atoms with E-state index < -0.39 is 0 Å². The van der Waals surface area contributed by atoms with Crippen LogP contribution in [-0.2, 0) is 0 Å². The number of fused-ring (bicyclic) bond motifs is 2. The number of para-hydroxylation sites is 3. The Morgan fingerprint density at radius 2 is 1.88 bits per heavy atom. The Labute approximate surface area is 152 Å². The molecule has 0 aliphatic carbocycles. The van der Waals surface area contributed by atoms with Gasteiger partial charge < -0.3 is 14.5 Å². The molecule has 0 bridgehead atoms. The number of rotatable bonds is 5. The van der Waals surface area contributed by atoms with Crippen molar-refractivity contribution in [1.82, 2.24) is 9.88 Å². The van der Waals surface area contributed by atoms with Crippen LogP contribution in [-0.4, -0.2) is 48.5 Å². The average molecular weight is 350 g/mol. The summed E-state index contributed by atoms with van der Waals surface area (Å²) in [5, 5.41) is 0.981. The number of carbonyl (C=O) groups is 1. The summed E-state index contributed by atoms with van der Waals surface area (Å²) in [4.78, 5) is 18.1.